The largest absolute Gasteiger partial charge is 0.316 e. The molecule has 0 aromatic heterocycles. The number of thioether (sulfide) groups is 1. The third kappa shape index (κ3) is 3.69. The van der Waals surface area contributed by atoms with Crippen molar-refractivity contribution < 1.29 is 13.2 Å². The Morgan fingerprint density at radius 3 is 2.54 bits per heavy atom. The van der Waals surface area contributed by atoms with Crippen LogP contribution in [0.2, 0.25) is 0 Å². The van der Waals surface area contributed by atoms with Gasteiger partial charge in [-0.25, -0.2) is 8.42 Å². The lowest BCUT2D eigenvalue weighted by molar-refractivity contribution is -0.121. The van der Waals surface area contributed by atoms with Crippen molar-refractivity contribution >= 4 is 38.4 Å². The van der Waals surface area contributed by atoms with Gasteiger partial charge in [-0.15, -0.1) is 0 Å². The number of fused-ring (bicyclic) bond motifs is 1. The highest BCUT2D eigenvalue weighted by Crippen LogP contribution is 2.41. The van der Waals surface area contributed by atoms with E-state index in [-0.39, 0.29) is 34.6 Å². The molecule has 0 spiro atoms. The fourth-order valence-corrected chi connectivity index (χ4v) is 7.48. The molecule has 2 atom stereocenters. The van der Waals surface area contributed by atoms with Gasteiger partial charge in [0.05, 0.1) is 17.5 Å². The Morgan fingerprint density at radius 1 is 1.23 bits per heavy atom. The molecule has 142 valence electrons. The summed E-state index contributed by atoms with van der Waals surface area (Å²) in [7, 11) is -3.04. The van der Waals surface area contributed by atoms with Crippen LogP contribution in [-0.4, -0.2) is 42.3 Å². The number of amidine groups is 1. The van der Waals surface area contributed by atoms with Crippen molar-refractivity contribution in [2.45, 2.75) is 51.8 Å². The lowest BCUT2D eigenvalue weighted by Gasteiger charge is -2.25. The SMILES string of the molecule is CCC(CC)C(=O)N=C1S[C@@H]2CS(=O)(=O)C[C@H]2N1c1ccc(C)c(C)c1. The fraction of sp³-hybridized carbons (Fsp3) is 0.579. The molecule has 2 saturated heterocycles. The molecule has 0 bridgehead atoms. The maximum absolute atomic E-state index is 12.6. The topological polar surface area (TPSA) is 66.8 Å². The van der Waals surface area contributed by atoms with Crippen molar-refractivity contribution in [1.82, 2.24) is 0 Å². The maximum Gasteiger partial charge on any atom is 0.251 e. The van der Waals surface area contributed by atoms with E-state index in [0.29, 0.717) is 5.17 Å². The molecular weight excluding hydrogens is 368 g/mol. The Hall–Kier alpha value is -1.34. The smallest absolute Gasteiger partial charge is 0.251 e. The van der Waals surface area contributed by atoms with Crippen LogP contribution < -0.4 is 4.90 Å². The van der Waals surface area contributed by atoms with Crippen LogP contribution >= 0.6 is 11.8 Å². The number of hydrogen-bond acceptors (Lipinski definition) is 4. The lowest BCUT2D eigenvalue weighted by atomic mass is 10.0. The standard InChI is InChI=1S/C19H26N2O3S2/c1-5-14(6-2)18(22)20-19-21(15-8-7-12(3)13(4)9-15)16-10-26(23,24)11-17(16)25-19/h7-9,14,16-17H,5-6,10-11H2,1-4H3/t16-,17-/m1/s1. The van der Waals surface area contributed by atoms with Crippen molar-refractivity contribution in [1.29, 1.82) is 0 Å². The maximum atomic E-state index is 12.6. The van der Waals surface area contributed by atoms with E-state index in [4.69, 9.17) is 0 Å². The first-order valence-electron chi connectivity index (χ1n) is 9.11. The van der Waals surface area contributed by atoms with Gasteiger partial charge in [0.2, 0.25) is 0 Å². The van der Waals surface area contributed by atoms with Gasteiger partial charge in [0.15, 0.2) is 15.0 Å². The number of aryl methyl sites for hydroxylation is 2. The number of carbonyl (C=O) groups is 1. The van der Waals surface area contributed by atoms with E-state index >= 15 is 0 Å². The summed E-state index contributed by atoms with van der Waals surface area (Å²) in [6.07, 6.45) is 1.53. The number of aliphatic imine (C=N–C) groups is 1. The number of carbonyl (C=O) groups excluding carboxylic acids is 1. The Balaban J connectivity index is 2.01. The zero-order chi connectivity index (χ0) is 19.1. The zero-order valence-electron chi connectivity index (χ0n) is 15.7. The summed E-state index contributed by atoms with van der Waals surface area (Å²) < 4.78 is 24.3. The lowest BCUT2D eigenvalue weighted by Crippen LogP contribution is -2.38. The summed E-state index contributed by atoms with van der Waals surface area (Å²) in [5, 5.41) is 0.588. The van der Waals surface area contributed by atoms with Crippen molar-refractivity contribution in [3.8, 4) is 0 Å². The molecule has 1 aromatic carbocycles. The minimum Gasteiger partial charge on any atom is -0.316 e. The van der Waals surface area contributed by atoms with Crippen LogP contribution in [0.1, 0.15) is 37.8 Å². The highest BCUT2D eigenvalue weighted by atomic mass is 32.2. The minimum atomic E-state index is -3.04. The molecule has 2 heterocycles. The van der Waals surface area contributed by atoms with Crippen LogP contribution in [0.15, 0.2) is 23.2 Å². The molecule has 2 aliphatic heterocycles. The molecule has 1 aromatic rings. The van der Waals surface area contributed by atoms with Gasteiger partial charge < -0.3 is 4.90 Å². The second kappa shape index (κ2) is 7.35. The van der Waals surface area contributed by atoms with Gasteiger partial charge in [0.25, 0.3) is 5.91 Å². The second-order valence-electron chi connectivity index (χ2n) is 7.19. The second-order valence-corrected chi connectivity index (χ2v) is 10.5. The third-order valence-corrected chi connectivity index (χ3v) is 8.59. The Kier molecular flexibility index (Phi) is 5.49. The number of nitrogens with zero attached hydrogens (tertiary/aromatic N) is 2. The summed E-state index contributed by atoms with van der Waals surface area (Å²) >= 11 is 1.44. The molecule has 0 radical (unpaired) electrons. The first kappa shape index (κ1) is 19.4. The summed E-state index contributed by atoms with van der Waals surface area (Å²) in [4.78, 5) is 19.0. The van der Waals surface area contributed by atoms with E-state index in [1.807, 2.05) is 44.7 Å². The van der Waals surface area contributed by atoms with Crippen molar-refractivity contribution in [2.24, 2.45) is 10.9 Å². The van der Waals surface area contributed by atoms with Crippen LogP contribution in [0.3, 0.4) is 0 Å². The van der Waals surface area contributed by atoms with Gasteiger partial charge >= 0.3 is 0 Å². The van der Waals surface area contributed by atoms with Gasteiger partial charge in [0, 0.05) is 16.9 Å². The molecule has 2 fully saturated rings. The molecule has 0 N–H and O–H groups in total. The van der Waals surface area contributed by atoms with E-state index in [0.717, 1.165) is 24.1 Å². The van der Waals surface area contributed by atoms with Crippen molar-refractivity contribution in [2.75, 3.05) is 16.4 Å². The van der Waals surface area contributed by atoms with Crippen LogP contribution in [0.5, 0.6) is 0 Å². The number of benzene rings is 1. The Labute approximate surface area is 160 Å². The van der Waals surface area contributed by atoms with E-state index in [1.165, 1.54) is 17.3 Å². The minimum absolute atomic E-state index is 0.0603. The molecular formula is C19H26N2O3S2. The quantitative estimate of drug-likeness (QED) is 0.783. The summed E-state index contributed by atoms with van der Waals surface area (Å²) in [5.41, 5.74) is 3.24. The average molecular weight is 395 g/mol. The van der Waals surface area contributed by atoms with Gasteiger partial charge in [-0.2, -0.15) is 4.99 Å². The number of rotatable bonds is 4. The normalized spacial score (nSPS) is 25.9. The fourth-order valence-electron chi connectivity index (χ4n) is 3.57. The monoisotopic (exact) mass is 394 g/mol. The summed E-state index contributed by atoms with van der Waals surface area (Å²) in [6, 6.07) is 5.93. The van der Waals surface area contributed by atoms with Crippen molar-refractivity contribution in [3.63, 3.8) is 0 Å². The highest BCUT2D eigenvalue weighted by molar-refractivity contribution is 8.16. The summed E-state index contributed by atoms with van der Waals surface area (Å²) in [5.74, 6) is 0.0977. The zero-order valence-corrected chi connectivity index (χ0v) is 17.4. The van der Waals surface area contributed by atoms with Gasteiger partial charge in [-0.05, 0) is 49.9 Å². The highest BCUT2D eigenvalue weighted by Gasteiger charge is 2.49. The molecule has 0 saturated carbocycles. The van der Waals surface area contributed by atoms with E-state index in [1.54, 1.807) is 0 Å². The molecule has 7 heteroatoms. The van der Waals surface area contributed by atoms with Crippen LogP contribution in [0, 0.1) is 19.8 Å². The average Bonchev–Trinajstić information content (AvgIpc) is 3.02. The molecule has 26 heavy (non-hydrogen) atoms. The Bertz CT molecular complexity index is 844. The van der Waals surface area contributed by atoms with Gasteiger partial charge in [0.1, 0.15) is 0 Å². The molecule has 0 aliphatic carbocycles. The third-order valence-electron chi connectivity index (χ3n) is 5.38. The summed E-state index contributed by atoms with van der Waals surface area (Å²) in [6.45, 7) is 8.08. The van der Waals surface area contributed by atoms with Gasteiger partial charge in [-0.3, -0.25) is 4.79 Å². The first-order chi connectivity index (χ1) is 12.3. The first-order valence-corrected chi connectivity index (χ1v) is 11.8. The number of anilines is 1. The van der Waals surface area contributed by atoms with Crippen LogP contribution in [0.4, 0.5) is 5.69 Å². The Morgan fingerprint density at radius 2 is 1.92 bits per heavy atom. The van der Waals surface area contributed by atoms with Gasteiger partial charge in [-0.1, -0.05) is 31.7 Å². The predicted molar refractivity (Wildman–Crippen MR) is 109 cm³/mol. The number of amides is 1. The van der Waals surface area contributed by atoms with Crippen LogP contribution in [0.25, 0.3) is 0 Å². The molecule has 2 aliphatic rings. The molecule has 3 rings (SSSR count). The van der Waals surface area contributed by atoms with E-state index in [9.17, 15) is 13.2 Å². The van der Waals surface area contributed by atoms with Crippen molar-refractivity contribution in [3.05, 3.63) is 29.3 Å². The van der Waals surface area contributed by atoms with Crippen LogP contribution in [-0.2, 0) is 14.6 Å². The number of hydrogen-bond donors (Lipinski definition) is 0. The molecule has 1 amide bonds. The molecule has 0 unspecified atom stereocenters. The molecule has 5 nitrogen and oxygen atoms in total. The predicted octanol–water partition coefficient (Wildman–Crippen LogP) is 3.34. The van der Waals surface area contributed by atoms with E-state index in [2.05, 4.69) is 11.1 Å². The number of sulfone groups is 1. The van der Waals surface area contributed by atoms with E-state index < -0.39 is 9.84 Å².